The van der Waals surface area contributed by atoms with Crippen LogP contribution in [-0.2, 0) is 10.2 Å². The van der Waals surface area contributed by atoms with Crippen LogP contribution < -0.4 is 5.32 Å². The summed E-state index contributed by atoms with van der Waals surface area (Å²) in [6.45, 7) is 7.18. The van der Waals surface area contributed by atoms with E-state index in [1.165, 1.54) is 0 Å². The zero-order valence-electron chi connectivity index (χ0n) is 15.0. The maximum Gasteiger partial charge on any atom is 0.234 e. The lowest BCUT2D eigenvalue weighted by atomic mass is 9.71. The van der Waals surface area contributed by atoms with Crippen molar-refractivity contribution in [2.24, 2.45) is 0 Å². The van der Waals surface area contributed by atoms with E-state index in [-0.39, 0.29) is 5.91 Å². The summed E-state index contributed by atoms with van der Waals surface area (Å²) in [5.41, 5.74) is 1.42. The standard InChI is InChI=1S/C21H28N2O/c1-4-23(5-2)17-16-21(20(24)22-3,18-12-8-6-9-13-18)19-14-10-7-11-15-19/h6-15H,4-5,16-17H2,1-3H3,(H,22,24). The van der Waals surface area contributed by atoms with Gasteiger partial charge < -0.3 is 10.2 Å². The van der Waals surface area contributed by atoms with E-state index in [1.54, 1.807) is 7.05 Å². The van der Waals surface area contributed by atoms with Crippen LogP contribution in [0.15, 0.2) is 60.7 Å². The molecule has 3 heteroatoms. The van der Waals surface area contributed by atoms with Crippen LogP contribution in [0, 0.1) is 0 Å². The van der Waals surface area contributed by atoms with E-state index in [0.717, 1.165) is 37.2 Å². The highest BCUT2D eigenvalue weighted by atomic mass is 16.2. The van der Waals surface area contributed by atoms with Crippen molar-refractivity contribution in [2.75, 3.05) is 26.7 Å². The molecule has 24 heavy (non-hydrogen) atoms. The first kappa shape index (κ1) is 18.2. The zero-order valence-corrected chi connectivity index (χ0v) is 15.0. The third kappa shape index (κ3) is 3.68. The van der Waals surface area contributed by atoms with Crippen LogP contribution >= 0.6 is 0 Å². The maximum absolute atomic E-state index is 13.1. The molecule has 0 spiro atoms. The van der Waals surface area contributed by atoms with Gasteiger partial charge in [-0.25, -0.2) is 0 Å². The molecule has 0 atom stereocenters. The van der Waals surface area contributed by atoms with E-state index in [0.29, 0.717) is 0 Å². The van der Waals surface area contributed by atoms with Crippen LogP contribution in [0.2, 0.25) is 0 Å². The molecule has 2 aromatic rings. The zero-order chi connectivity index (χ0) is 17.4. The number of nitrogens with one attached hydrogen (secondary N) is 1. The van der Waals surface area contributed by atoms with Crippen molar-refractivity contribution in [3.8, 4) is 0 Å². The Morgan fingerprint density at radius 1 is 0.917 bits per heavy atom. The molecule has 0 aliphatic rings. The second-order valence-electron chi connectivity index (χ2n) is 5.99. The van der Waals surface area contributed by atoms with Crippen molar-refractivity contribution in [1.82, 2.24) is 10.2 Å². The van der Waals surface area contributed by atoms with Gasteiger partial charge in [-0.05, 0) is 37.2 Å². The molecule has 2 rings (SSSR count). The normalized spacial score (nSPS) is 11.5. The van der Waals surface area contributed by atoms with Crippen LogP contribution in [-0.4, -0.2) is 37.5 Å². The number of likely N-dealkylation sites (N-methyl/N-ethyl adjacent to an activating group) is 1. The van der Waals surface area contributed by atoms with Crippen LogP contribution in [0.25, 0.3) is 0 Å². The Balaban J connectivity index is 2.54. The van der Waals surface area contributed by atoms with E-state index in [9.17, 15) is 4.79 Å². The van der Waals surface area contributed by atoms with Crippen molar-refractivity contribution < 1.29 is 4.79 Å². The molecule has 0 saturated heterocycles. The Kier molecular flexibility index (Phi) is 6.56. The Morgan fingerprint density at radius 3 is 1.75 bits per heavy atom. The average molecular weight is 324 g/mol. The van der Waals surface area contributed by atoms with E-state index >= 15 is 0 Å². The second kappa shape index (κ2) is 8.65. The maximum atomic E-state index is 13.1. The molecule has 0 bridgehead atoms. The Morgan fingerprint density at radius 2 is 1.38 bits per heavy atom. The molecule has 0 aliphatic heterocycles. The molecule has 0 unspecified atom stereocenters. The monoisotopic (exact) mass is 324 g/mol. The molecule has 1 amide bonds. The van der Waals surface area contributed by atoms with Gasteiger partial charge in [0.15, 0.2) is 0 Å². The lowest BCUT2D eigenvalue weighted by Crippen LogP contribution is -2.46. The number of carbonyl (C=O) groups is 1. The summed E-state index contributed by atoms with van der Waals surface area (Å²) in [4.78, 5) is 15.5. The fourth-order valence-corrected chi connectivity index (χ4v) is 3.36. The molecular weight excluding hydrogens is 296 g/mol. The van der Waals surface area contributed by atoms with Gasteiger partial charge in [-0.1, -0.05) is 74.5 Å². The second-order valence-corrected chi connectivity index (χ2v) is 5.99. The highest BCUT2D eigenvalue weighted by molar-refractivity contribution is 5.92. The SMILES string of the molecule is CCN(CC)CCC(C(=O)NC)(c1ccccc1)c1ccccc1. The van der Waals surface area contributed by atoms with Gasteiger partial charge in [0, 0.05) is 7.05 Å². The summed E-state index contributed by atoms with van der Waals surface area (Å²) in [7, 11) is 1.72. The Bertz CT molecular complexity index is 581. The van der Waals surface area contributed by atoms with Crippen LogP contribution in [0.4, 0.5) is 0 Å². The lowest BCUT2D eigenvalue weighted by molar-refractivity contribution is -0.125. The lowest BCUT2D eigenvalue weighted by Gasteiger charge is -2.35. The third-order valence-electron chi connectivity index (χ3n) is 4.85. The molecule has 128 valence electrons. The fraction of sp³-hybridized carbons (Fsp3) is 0.381. The van der Waals surface area contributed by atoms with E-state index in [2.05, 4.69) is 48.3 Å². The van der Waals surface area contributed by atoms with Gasteiger partial charge in [-0.15, -0.1) is 0 Å². The van der Waals surface area contributed by atoms with Crippen LogP contribution in [0.5, 0.6) is 0 Å². The van der Waals surface area contributed by atoms with Crippen LogP contribution in [0.3, 0.4) is 0 Å². The molecule has 2 aromatic carbocycles. The molecule has 0 radical (unpaired) electrons. The molecule has 0 aliphatic carbocycles. The summed E-state index contributed by atoms with van der Waals surface area (Å²) >= 11 is 0. The van der Waals surface area contributed by atoms with Crippen molar-refractivity contribution in [2.45, 2.75) is 25.7 Å². The van der Waals surface area contributed by atoms with E-state index < -0.39 is 5.41 Å². The minimum Gasteiger partial charge on any atom is -0.358 e. The predicted molar refractivity (Wildman–Crippen MR) is 100 cm³/mol. The predicted octanol–water partition coefficient (Wildman–Crippen LogP) is 3.45. The van der Waals surface area contributed by atoms with Gasteiger partial charge in [0.2, 0.25) is 5.91 Å². The topological polar surface area (TPSA) is 32.3 Å². The number of carbonyl (C=O) groups excluding carboxylic acids is 1. The summed E-state index contributed by atoms with van der Waals surface area (Å²) < 4.78 is 0. The summed E-state index contributed by atoms with van der Waals surface area (Å²) in [5.74, 6) is 0.0482. The highest BCUT2D eigenvalue weighted by Crippen LogP contribution is 2.36. The van der Waals surface area contributed by atoms with Gasteiger partial charge in [0.25, 0.3) is 0 Å². The average Bonchev–Trinajstić information content (AvgIpc) is 2.66. The minimum absolute atomic E-state index is 0.0482. The summed E-state index contributed by atoms with van der Waals surface area (Å²) in [6.07, 6.45) is 0.752. The van der Waals surface area contributed by atoms with Crippen molar-refractivity contribution in [1.29, 1.82) is 0 Å². The van der Waals surface area contributed by atoms with Crippen molar-refractivity contribution >= 4 is 5.91 Å². The first-order valence-corrected chi connectivity index (χ1v) is 8.74. The van der Waals surface area contributed by atoms with E-state index in [1.807, 2.05) is 36.4 Å². The van der Waals surface area contributed by atoms with Gasteiger partial charge >= 0.3 is 0 Å². The first-order chi connectivity index (χ1) is 11.7. The van der Waals surface area contributed by atoms with Gasteiger partial charge in [-0.2, -0.15) is 0 Å². The number of hydrogen-bond acceptors (Lipinski definition) is 2. The molecule has 1 N–H and O–H groups in total. The molecule has 0 fully saturated rings. The van der Waals surface area contributed by atoms with Crippen LogP contribution in [0.1, 0.15) is 31.4 Å². The Hall–Kier alpha value is -2.13. The van der Waals surface area contributed by atoms with Gasteiger partial charge in [-0.3, -0.25) is 4.79 Å². The number of hydrogen-bond donors (Lipinski definition) is 1. The molecule has 3 nitrogen and oxygen atoms in total. The molecule has 0 aromatic heterocycles. The smallest absolute Gasteiger partial charge is 0.234 e. The summed E-state index contributed by atoms with van der Waals surface area (Å²) in [5, 5.41) is 2.91. The van der Waals surface area contributed by atoms with Gasteiger partial charge in [0.05, 0.1) is 0 Å². The number of rotatable bonds is 8. The molecule has 0 heterocycles. The number of amides is 1. The third-order valence-corrected chi connectivity index (χ3v) is 4.85. The molecule has 0 saturated carbocycles. The minimum atomic E-state index is -0.667. The fourth-order valence-electron chi connectivity index (χ4n) is 3.36. The largest absolute Gasteiger partial charge is 0.358 e. The first-order valence-electron chi connectivity index (χ1n) is 8.74. The number of benzene rings is 2. The molecular formula is C21H28N2O. The highest BCUT2D eigenvalue weighted by Gasteiger charge is 2.41. The quantitative estimate of drug-likeness (QED) is 0.806. The van der Waals surface area contributed by atoms with E-state index in [4.69, 9.17) is 0 Å². The summed E-state index contributed by atoms with van der Waals surface area (Å²) in [6, 6.07) is 20.3. The van der Waals surface area contributed by atoms with Gasteiger partial charge in [0.1, 0.15) is 5.41 Å². The number of nitrogens with zero attached hydrogens (tertiary/aromatic N) is 1. The Labute approximate surface area is 145 Å². The van der Waals surface area contributed by atoms with Crippen molar-refractivity contribution in [3.05, 3.63) is 71.8 Å². The van der Waals surface area contributed by atoms with Crippen molar-refractivity contribution in [3.63, 3.8) is 0 Å².